The molecule has 8 heteroatoms. The van der Waals surface area contributed by atoms with Gasteiger partial charge >= 0.3 is 0 Å². The third kappa shape index (κ3) is 3.92. The van der Waals surface area contributed by atoms with E-state index in [0.717, 1.165) is 17.4 Å². The number of benzene rings is 1. The van der Waals surface area contributed by atoms with E-state index in [9.17, 15) is 8.42 Å². The Kier molecular flexibility index (Phi) is 4.07. The first-order valence-electron chi connectivity index (χ1n) is 6.80. The van der Waals surface area contributed by atoms with Crippen LogP contribution in [0.15, 0.2) is 53.3 Å². The lowest BCUT2D eigenvalue weighted by Crippen LogP contribution is -2.11. The normalized spacial score (nSPS) is 11.3. The number of hydrogen-bond acceptors (Lipinski definition) is 6. The van der Waals surface area contributed by atoms with E-state index < -0.39 is 10.0 Å². The summed E-state index contributed by atoms with van der Waals surface area (Å²) in [5, 5.41) is 3.93. The van der Waals surface area contributed by atoms with Gasteiger partial charge in [0.25, 0.3) is 0 Å². The molecule has 0 saturated heterocycles. The van der Waals surface area contributed by atoms with E-state index in [-0.39, 0.29) is 0 Å². The number of rotatable bonds is 5. The van der Waals surface area contributed by atoms with Gasteiger partial charge in [-0.05, 0) is 23.8 Å². The van der Waals surface area contributed by atoms with E-state index in [1.807, 2.05) is 12.1 Å². The molecule has 2 aromatic heterocycles. The lowest BCUT2D eigenvalue weighted by Gasteiger charge is -2.08. The van der Waals surface area contributed by atoms with Crippen molar-refractivity contribution in [1.29, 1.82) is 0 Å². The summed E-state index contributed by atoms with van der Waals surface area (Å²) in [5.74, 6) is 0.871. The Morgan fingerprint density at radius 3 is 2.61 bits per heavy atom. The molecule has 0 aliphatic carbocycles. The molecule has 0 aliphatic rings. The van der Waals surface area contributed by atoms with Crippen molar-refractivity contribution in [2.45, 2.75) is 6.42 Å². The number of anilines is 1. The SMILES string of the molecule is CS(=O)(=O)Nc1ccccc1Cc1nc(-c2ccncc2)no1. The number of nitrogens with one attached hydrogen (secondary N) is 1. The van der Waals surface area contributed by atoms with E-state index in [0.29, 0.717) is 23.8 Å². The number of sulfonamides is 1. The van der Waals surface area contributed by atoms with Crippen LogP contribution >= 0.6 is 0 Å². The molecule has 0 fully saturated rings. The van der Waals surface area contributed by atoms with Crippen molar-refractivity contribution in [1.82, 2.24) is 15.1 Å². The van der Waals surface area contributed by atoms with Crippen molar-refractivity contribution in [3.05, 3.63) is 60.2 Å². The molecule has 0 bridgehead atoms. The molecule has 0 saturated carbocycles. The summed E-state index contributed by atoms with van der Waals surface area (Å²) < 4.78 is 30.6. The van der Waals surface area contributed by atoms with Crippen LogP contribution in [0.25, 0.3) is 11.4 Å². The predicted molar refractivity (Wildman–Crippen MR) is 85.2 cm³/mol. The largest absolute Gasteiger partial charge is 0.339 e. The Bertz CT molecular complexity index is 907. The summed E-state index contributed by atoms with van der Waals surface area (Å²) in [6, 6.07) is 10.7. The molecule has 2 heterocycles. The van der Waals surface area contributed by atoms with Gasteiger partial charge in [-0.25, -0.2) is 8.42 Å². The van der Waals surface area contributed by atoms with E-state index in [1.54, 1.807) is 36.7 Å². The van der Waals surface area contributed by atoms with Gasteiger partial charge in [-0.2, -0.15) is 4.98 Å². The van der Waals surface area contributed by atoms with Gasteiger partial charge in [0.15, 0.2) is 0 Å². The zero-order chi connectivity index (χ0) is 16.3. The molecule has 1 aromatic carbocycles. The topological polar surface area (TPSA) is 98.0 Å². The Morgan fingerprint density at radius 1 is 1.13 bits per heavy atom. The van der Waals surface area contributed by atoms with E-state index in [1.165, 1.54) is 0 Å². The van der Waals surface area contributed by atoms with Crippen LogP contribution in [0.5, 0.6) is 0 Å². The summed E-state index contributed by atoms with van der Waals surface area (Å²) in [6.45, 7) is 0. The van der Waals surface area contributed by atoms with Crippen molar-refractivity contribution in [3.63, 3.8) is 0 Å². The van der Waals surface area contributed by atoms with E-state index >= 15 is 0 Å². The van der Waals surface area contributed by atoms with Crippen molar-refractivity contribution < 1.29 is 12.9 Å². The fourth-order valence-corrected chi connectivity index (χ4v) is 2.68. The Labute approximate surface area is 133 Å². The van der Waals surface area contributed by atoms with Gasteiger partial charge in [0.05, 0.1) is 18.4 Å². The van der Waals surface area contributed by atoms with Crippen molar-refractivity contribution in [2.24, 2.45) is 0 Å². The summed E-state index contributed by atoms with van der Waals surface area (Å²) in [6.07, 6.45) is 4.74. The van der Waals surface area contributed by atoms with Crippen LogP contribution in [0.1, 0.15) is 11.5 Å². The third-order valence-electron chi connectivity index (χ3n) is 3.06. The highest BCUT2D eigenvalue weighted by atomic mass is 32.2. The molecule has 3 rings (SSSR count). The highest BCUT2D eigenvalue weighted by Gasteiger charge is 2.12. The van der Waals surface area contributed by atoms with Crippen LogP contribution in [-0.4, -0.2) is 29.8 Å². The number of hydrogen-bond donors (Lipinski definition) is 1. The number of aromatic nitrogens is 3. The van der Waals surface area contributed by atoms with Gasteiger partial charge in [0.1, 0.15) is 0 Å². The second-order valence-corrected chi connectivity index (χ2v) is 6.70. The lowest BCUT2D eigenvalue weighted by molar-refractivity contribution is 0.386. The van der Waals surface area contributed by atoms with Crippen LogP contribution in [0.3, 0.4) is 0 Å². The smallest absolute Gasteiger partial charge is 0.231 e. The predicted octanol–water partition coefficient (Wildman–Crippen LogP) is 2.09. The van der Waals surface area contributed by atoms with Gasteiger partial charge in [-0.1, -0.05) is 23.4 Å². The number of para-hydroxylation sites is 1. The van der Waals surface area contributed by atoms with Crippen molar-refractivity contribution in [2.75, 3.05) is 11.0 Å². The van der Waals surface area contributed by atoms with Gasteiger partial charge < -0.3 is 4.52 Å². The summed E-state index contributed by atoms with van der Waals surface area (Å²) in [5.41, 5.74) is 2.05. The first-order valence-corrected chi connectivity index (χ1v) is 8.69. The maximum absolute atomic E-state index is 11.4. The molecule has 7 nitrogen and oxygen atoms in total. The molecule has 0 aliphatic heterocycles. The number of pyridine rings is 1. The zero-order valence-electron chi connectivity index (χ0n) is 12.3. The van der Waals surface area contributed by atoms with Crippen LogP contribution in [0.2, 0.25) is 0 Å². The monoisotopic (exact) mass is 330 g/mol. The van der Waals surface area contributed by atoms with Crippen LogP contribution in [0, 0.1) is 0 Å². The Morgan fingerprint density at radius 2 is 1.87 bits per heavy atom. The molecular weight excluding hydrogens is 316 g/mol. The lowest BCUT2D eigenvalue weighted by atomic mass is 10.1. The molecule has 0 radical (unpaired) electrons. The second kappa shape index (κ2) is 6.17. The Hall–Kier alpha value is -2.74. The average molecular weight is 330 g/mol. The van der Waals surface area contributed by atoms with Gasteiger partial charge in [0.2, 0.25) is 21.7 Å². The van der Waals surface area contributed by atoms with E-state index in [4.69, 9.17) is 4.52 Å². The minimum Gasteiger partial charge on any atom is -0.339 e. The third-order valence-corrected chi connectivity index (χ3v) is 3.65. The fraction of sp³-hybridized carbons (Fsp3) is 0.133. The summed E-state index contributed by atoms with van der Waals surface area (Å²) in [4.78, 5) is 8.27. The number of nitrogens with zero attached hydrogens (tertiary/aromatic N) is 3. The van der Waals surface area contributed by atoms with Crippen LogP contribution < -0.4 is 4.72 Å². The highest BCUT2D eigenvalue weighted by Crippen LogP contribution is 2.21. The molecular formula is C15H14N4O3S. The first kappa shape index (κ1) is 15.2. The molecule has 3 aromatic rings. The molecule has 0 unspecified atom stereocenters. The molecule has 0 amide bonds. The zero-order valence-corrected chi connectivity index (χ0v) is 13.1. The Balaban J connectivity index is 1.85. The quantitative estimate of drug-likeness (QED) is 0.769. The molecule has 118 valence electrons. The standard InChI is InChI=1S/C15H14N4O3S/c1-23(20,21)19-13-5-3-2-4-12(13)10-14-17-15(18-22-14)11-6-8-16-9-7-11/h2-9,19H,10H2,1H3. The van der Waals surface area contributed by atoms with E-state index in [2.05, 4.69) is 19.8 Å². The fourth-order valence-electron chi connectivity index (χ4n) is 2.08. The van der Waals surface area contributed by atoms with Crippen molar-refractivity contribution in [3.8, 4) is 11.4 Å². The van der Waals surface area contributed by atoms with Gasteiger partial charge in [-0.15, -0.1) is 0 Å². The second-order valence-electron chi connectivity index (χ2n) is 4.96. The first-order chi connectivity index (χ1) is 11.0. The molecule has 0 atom stereocenters. The van der Waals surface area contributed by atoms with Crippen LogP contribution in [0.4, 0.5) is 5.69 Å². The highest BCUT2D eigenvalue weighted by molar-refractivity contribution is 7.92. The summed E-state index contributed by atoms with van der Waals surface area (Å²) in [7, 11) is -3.35. The van der Waals surface area contributed by atoms with Crippen LogP contribution in [-0.2, 0) is 16.4 Å². The average Bonchev–Trinajstić information content (AvgIpc) is 2.97. The van der Waals surface area contributed by atoms with Gasteiger partial charge in [0, 0.05) is 18.0 Å². The summed E-state index contributed by atoms with van der Waals surface area (Å²) >= 11 is 0. The minimum atomic E-state index is -3.35. The minimum absolute atomic E-state index is 0.330. The van der Waals surface area contributed by atoms with Crippen molar-refractivity contribution >= 4 is 15.7 Å². The molecule has 23 heavy (non-hydrogen) atoms. The molecule has 0 spiro atoms. The van der Waals surface area contributed by atoms with Gasteiger partial charge in [-0.3, -0.25) is 9.71 Å². The maximum atomic E-state index is 11.4. The molecule has 1 N–H and O–H groups in total. The maximum Gasteiger partial charge on any atom is 0.231 e.